The normalized spacial score (nSPS) is 18.7. The zero-order valence-electron chi connectivity index (χ0n) is 23.9. The molecule has 2 aromatic rings. The third kappa shape index (κ3) is 7.23. The summed E-state index contributed by atoms with van der Waals surface area (Å²) in [7, 11) is -3.97. The van der Waals surface area contributed by atoms with E-state index in [1.165, 1.54) is 16.4 Å². The number of para-hydroxylation sites is 1. The molecule has 1 N–H and O–H groups in total. The van der Waals surface area contributed by atoms with Crippen LogP contribution >= 0.6 is 0 Å². The molecule has 2 heterocycles. The first-order valence-corrected chi connectivity index (χ1v) is 15.9. The second-order valence-electron chi connectivity index (χ2n) is 10.5. The molecule has 12 heteroatoms. The van der Waals surface area contributed by atoms with Crippen molar-refractivity contribution in [3.8, 4) is 0 Å². The summed E-state index contributed by atoms with van der Waals surface area (Å²) in [5.74, 6) is 0.113. The number of carbonyl (C=O) groups excluding carboxylic acids is 1. The van der Waals surface area contributed by atoms with E-state index >= 15 is 0 Å². The first-order valence-electron chi connectivity index (χ1n) is 14.5. The fraction of sp³-hybridized carbons (Fsp3) is 0.517. The highest BCUT2D eigenvalue weighted by molar-refractivity contribution is 7.89. The molecule has 0 aliphatic carbocycles. The van der Waals surface area contributed by atoms with Crippen molar-refractivity contribution in [2.75, 3.05) is 49.6 Å². The topological polar surface area (TPSA) is 128 Å². The second kappa shape index (κ2) is 13.9. The van der Waals surface area contributed by atoms with Crippen molar-refractivity contribution in [2.45, 2.75) is 57.3 Å². The number of nitrogens with zero attached hydrogens (tertiary/aromatic N) is 5. The minimum atomic E-state index is -3.97. The van der Waals surface area contributed by atoms with Crippen molar-refractivity contribution in [1.29, 1.82) is 0 Å². The molecule has 222 valence electrons. The Labute approximate surface area is 242 Å². The molecule has 41 heavy (non-hydrogen) atoms. The van der Waals surface area contributed by atoms with Crippen molar-refractivity contribution in [1.82, 2.24) is 9.21 Å². The van der Waals surface area contributed by atoms with Crippen molar-refractivity contribution in [3.05, 3.63) is 58.1 Å². The number of anilines is 2. The van der Waals surface area contributed by atoms with Gasteiger partial charge in [0.05, 0.1) is 22.7 Å². The summed E-state index contributed by atoms with van der Waals surface area (Å²) in [5.41, 5.74) is 4.48. The molecule has 2 saturated heterocycles. The number of rotatable bonds is 10. The lowest BCUT2D eigenvalue weighted by Gasteiger charge is -2.36. The summed E-state index contributed by atoms with van der Waals surface area (Å²) in [6.45, 7) is 7.59. The Balaban J connectivity index is 1.57. The van der Waals surface area contributed by atoms with Crippen LogP contribution in [0.4, 0.5) is 17.1 Å². The fourth-order valence-electron chi connectivity index (χ4n) is 5.60. The standard InChI is InChI=1S/C29H40N6O5S/c1-3-32(4-2)29(36)24-13-11-17-33(22-24)27-14-8-7-12-23(27)21-30-31-26-16-15-25(35(37)38)20-28(26)41(39,40)34-18-9-5-6-10-19-34/h7-8,12,14-16,20-21,24,31H,3-6,9-11,13,17-19,22H2,1-2H3/b30-21+. The van der Waals surface area contributed by atoms with Gasteiger partial charge in [-0.15, -0.1) is 0 Å². The van der Waals surface area contributed by atoms with E-state index in [4.69, 9.17) is 0 Å². The molecule has 11 nitrogen and oxygen atoms in total. The number of hydrogen-bond acceptors (Lipinski definition) is 8. The molecular formula is C29H40N6O5S. The Morgan fingerprint density at radius 2 is 1.78 bits per heavy atom. The predicted octanol–water partition coefficient (Wildman–Crippen LogP) is 4.69. The lowest BCUT2D eigenvalue weighted by molar-refractivity contribution is -0.385. The van der Waals surface area contributed by atoms with E-state index in [9.17, 15) is 23.3 Å². The third-order valence-corrected chi connectivity index (χ3v) is 9.81. The van der Waals surface area contributed by atoms with E-state index in [0.717, 1.165) is 62.4 Å². The lowest BCUT2D eigenvalue weighted by atomic mass is 9.95. The number of nitro benzene ring substituents is 1. The van der Waals surface area contributed by atoms with E-state index in [-0.39, 0.29) is 28.1 Å². The van der Waals surface area contributed by atoms with Gasteiger partial charge in [-0.3, -0.25) is 20.3 Å². The first kappa shape index (κ1) is 30.4. The number of hydrazone groups is 1. The highest BCUT2D eigenvalue weighted by atomic mass is 32.2. The molecule has 2 fully saturated rings. The van der Waals surface area contributed by atoms with Gasteiger partial charge in [0.15, 0.2) is 0 Å². The van der Waals surface area contributed by atoms with Crippen LogP contribution in [0, 0.1) is 16.0 Å². The number of amides is 1. The van der Waals surface area contributed by atoms with Crippen molar-refractivity contribution in [2.24, 2.45) is 11.0 Å². The first-order chi connectivity index (χ1) is 19.8. The Morgan fingerprint density at radius 1 is 1.07 bits per heavy atom. The number of carbonyl (C=O) groups is 1. The fourth-order valence-corrected chi connectivity index (χ4v) is 7.28. The summed E-state index contributed by atoms with van der Waals surface area (Å²) in [6, 6.07) is 11.5. The van der Waals surface area contributed by atoms with Crippen LogP contribution in [0.1, 0.15) is 57.9 Å². The molecule has 2 aromatic carbocycles. The van der Waals surface area contributed by atoms with Gasteiger partial charge in [0.1, 0.15) is 4.90 Å². The smallest absolute Gasteiger partial charge is 0.270 e. The average Bonchev–Trinajstić information content (AvgIpc) is 3.28. The third-order valence-electron chi connectivity index (χ3n) is 7.87. The number of nitro groups is 1. The molecule has 0 aromatic heterocycles. The van der Waals surface area contributed by atoms with Gasteiger partial charge in [0, 0.05) is 62.7 Å². The van der Waals surface area contributed by atoms with Gasteiger partial charge in [-0.2, -0.15) is 9.41 Å². The molecule has 0 saturated carbocycles. The van der Waals surface area contributed by atoms with E-state index in [2.05, 4.69) is 15.4 Å². The highest BCUT2D eigenvalue weighted by Gasteiger charge is 2.30. The van der Waals surface area contributed by atoms with Gasteiger partial charge in [0.25, 0.3) is 5.69 Å². The number of hydrogen-bond donors (Lipinski definition) is 1. The van der Waals surface area contributed by atoms with Crippen LogP contribution in [-0.4, -0.2) is 73.9 Å². The monoisotopic (exact) mass is 584 g/mol. The molecule has 1 unspecified atom stereocenters. The maximum absolute atomic E-state index is 13.6. The van der Waals surface area contributed by atoms with Gasteiger partial charge in [-0.1, -0.05) is 31.0 Å². The largest absolute Gasteiger partial charge is 0.370 e. The maximum atomic E-state index is 13.6. The summed E-state index contributed by atoms with van der Waals surface area (Å²) in [5, 5.41) is 15.8. The van der Waals surface area contributed by atoms with Crippen molar-refractivity contribution < 1.29 is 18.1 Å². The minimum absolute atomic E-state index is 0.0707. The Kier molecular flexibility index (Phi) is 10.3. The number of non-ortho nitro benzene ring substituents is 1. The lowest BCUT2D eigenvalue weighted by Crippen LogP contribution is -2.45. The van der Waals surface area contributed by atoms with Crippen LogP contribution in [0.2, 0.25) is 0 Å². The van der Waals surface area contributed by atoms with E-state index in [1.807, 2.05) is 43.0 Å². The second-order valence-corrected chi connectivity index (χ2v) is 12.4. The predicted molar refractivity (Wildman–Crippen MR) is 161 cm³/mol. The van der Waals surface area contributed by atoms with Crippen molar-refractivity contribution >= 4 is 39.2 Å². The van der Waals surface area contributed by atoms with E-state index < -0.39 is 14.9 Å². The van der Waals surface area contributed by atoms with Crippen LogP contribution < -0.4 is 10.3 Å². The highest BCUT2D eigenvalue weighted by Crippen LogP contribution is 2.31. The summed E-state index contributed by atoms with van der Waals surface area (Å²) in [6.07, 6.45) is 6.80. The molecule has 1 atom stereocenters. The van der Waals surface area contributed by atoms with E-state index in [0.29, 0.717) is 32.7 Å². The Bertz CT molecular complexity index is 1350. The van der Waals surface area contributed by atoms with Gasteiger partial charge in [0.2, 0.25) is 15.9 Å². The molecule has 0 bridgehead atoms. The van der Waals surface area contributed by atoms with Gasteiger partial charge in [-0.05, 0) is 51.7 Å². The molecular weight excluding hydrogens is 544 g/mol. The summed E-state index contributed by atoms with van der Waals surface area (Å²) < 4.78 is 28.6. The Morgan fingerprint density at radius 3 is 2.46 bits per heavy atom. The van der Waals surface area contributed by atoms with Gasteiger partial charge >= 0.3 is 0 Å². The van der Waals surface area contributed by atoms with Gasteiger partial charge in [-0.25, -0.2) is 8.42 Å². The van der Waals surface area contributed by atoms with Crippen LogP contribution in [0.25, 0.3) is 0 Å². The molecule has 2 aliphatic rings. The Hall–Kier alpha value is -3.51. The minimum Gasteiger partial charge on any atom is -0.370 e. The zero-order valence-corrected chi connectivity index (χ0v) is 24.7. The molecule has 2 aliphatic heterocycles. The van der Waals surface area contributed by atoms with Crippen LogP contribution in [0.3, 0.4) is 0 Å². The van der Waals surface area contributed by atoms with Crippen LogP contribution in [0.15, 0.2) is 52.5 Å². The number of nitrogens with one attached hydrogen (secondary N) is 1. The zero-order chi connectivity index (χ0) is 29.4. The van der Waals surface area contributed by atoms with E-state index in [1.54, 1.807) is 6.21 Å². The van der Waals surface area contributed by atoms with Crippen LogP contribution in [0.5, 0.6) is 0 Å². The number of sulfonamides is 1. The quantitative estimate of drug-likeness (QED) is 0.244. The number of piperidine rings is 1. The molecule has 1 amide bonds. The van der Waals surface area contributed by atoms with Crippen molar-refractivity contribution in [3.63, 3.8) is 0 Å². The average molecular weight is 585 g/mol. The molecule has 0 radical (unpaired) electrons. The summed E-state index contributed by atoms with van der Waals surface area (Å²) in [4.78, 5) is 27.8. The number of benzene rings is 2. The summed E-state index contributed by atoms with van der Waals surface area (Å²) >= 11 is 0. The molecule has 4 rings (SSSR count). The van der Waals surface area contributed by atoms with Gasteiger partial charge < -0.3 is 9.80 Å². The van der Waals surface area contributed by atoms with Crippen LogP contribution in [-0.2, 0) is 14.8 Å². The SMILES string of the molecule is CCN(CC)C(=O)C1CCCN(c2ccccc2/C=N/Nc2ccc([N+](=O)[O-])cc2S(=O)(=O)N2CCCCCC2)C1. The maximum Gasteiger partial charge on any atom is 0.270 e. The molecule has 0 spiro atoms.